The molecule has 0 radical (unpaired) electrons. The first kappa shape index (κ1) is 15.6. The zero-order chi connectivity index (χ0) is 15.9. The fourth-order valence-electron chi connectivity index (χ4n) is 2.52. The van der Waals surface area contributed by atoms with Crippen molar-refractivity contribution in [2.24, 2.45) is 5.41 Å². The summed E-state index contributed by atoms with van der Waals surface area (Å²) in [6.07, 6.45) is 4.29. The zero-order valence-corrected chi connectivity index (χ0v) is 14.2. The van der Waals surface area contributed by atoms with Gasteiger partial charge in [0.05, 0.1) is 10.8 Å². The number of H-pyrrole nitrogens is 1. The smallest absolute Gasteiger partial charge is 0.309 e. The maximum absolute atomic E-state index is 12.4. The lowest BCUT2D eigenvalue weighted by molar-refractivity contribution is -0.145. The van der Waals surface area contributed by atoms with Crippen molar-refractivity contribution in [1.82, 2.24) is 9.97 Å². The fourth-order valence-corrected chi connectivity index (χ4v) is 4.78. The Labute approximate surface area is 136 Å². The third-order valence-corrected chi connectivity index (χ3v) is 6.47. The van der Waals surface area contributed by atoms with E-state index >= 15 is 0 Å². The van der Waals surface area contributed by atoms with E-state index < -0.39 is 11.4 Å². The highest BCUT2D eigenvalue weighted by Gasteiger charge is 2.28. The summed E-state index contributed by atoms with van der Waals surface area (Å²) in [6.45, 7) is 3.34. The van der Waals surface area contributed by atoms with Gasteiger partial charge in [0.25, 0.3) is 5.56 Å². The molecular weight excluding hydrogens is 320 g/mol. The van der Waals surface area contributed by atoms with Gasteiger partial charge in [-0.3, -0.25) is 9.59 Å². The second kappa shape index (κ2) is 5.70. The van der Waals surface area contributed by atoms with E-state index in [0.717, 1.165) is 29.5 Å². The standard InChI is InChI=1S/C15H18N2O3S2/c1-15(2,13(19)20)7-21-14-16-11(18)10-8-5-3-4-6-9(8)22-12(10)17-14/h3-7H2,1-2H3,(H,19,20)(H,16,17,18). The lowest BCUT2D eigenvalue weighted by atomic mass is 9.97. The minimum Gasteiger partial charge on any atom is -0.481 e. The molecule has 2 aromatic rings. The number of hydrogen-bond donors (Lipinski definition) is 2. The third-order valence-electron chi connectivity index (χ3n) is 3.95. The molecule has 5 nitrogen and oxygen atoms in total. The molecule has 22 heavy (non-hydrogen) atoms. The van der Waals surface area contributed by atoms with Crippen molar-refractivity contribution in [2.75, 3.05) is 5.75 Å². The summed E-state index contributed by atoms with van der Waals surface area (Å²) in [7, 11) is 0. The van der Waals surface area contributed by atoms with E-state index in [2.05, 4.69) is 9.97 Å². The topological polar surface area (TPSA) is 83.0 Å². The van der Waals surface area contributed by atoms with Gasteiger partial charge in [0, 0.05) is 10.6 Å². The molecule has 1 aliphatic rings. The molecule has 0 saturated heterocycles. The molecule has 2 aromatic heterocycles. The van der Waals surface area contributed by atoms with Crippen molar-refractivity contribution in [2.45, 2.75) is 44.7 Å². The second-order valence-corrected chi connectivity index (χ2v) is 8.29. The van der Waals surface area contributed by atoms with Gasteiger partial charge in [-0.05, 0) is 45.1 Å². The van der Waals surface area contributed by atoms with Crippen LogP contribution in [0.25, 0.3) is 10.2 Å². The van der Waals surface area contributed by atoms with Crippen molar-refractivity contribution in [3.8, 4) is 0 Å². The van der Waals surface area contributed by atoms with Crippen LogP contribution in [0.5, 0.6) is 0 Å². The molecule has 0 aliphatic heterocycles. The van der Waals surface area contributed by atoms with E-state index in [0.29, 0.717) is 10.9 Å². The summed E-state index contributed by atoms with van der Waals surface area (Å²) in [5, 5.41) is 10.4. The molecule has 0 saturated carbocycles. The average molecular weight is 338 g/mol. The van der Waals surface area contributed by atoms with E-state index in [1.165, 1.54) is 28.6 Å². The first-order valence-corrected chi connectivity index (χ1v) is 9.09. The van der Waals surface area contributed by atoms with Crippen LogP contribution in [0.15, 0.2) is 9.95 Å². The zero-order valence-electron chi connectivity index (χ0n) is 12.6. The number of aliphatic carboxylic acids is 1. The molecule has 2 N–H and O–H groups in total. The minimum absolute atomic E-state index is 0.0972. The van der Waals surface area contributed by atoms with Crippen molar-refractivity contribution in [3.63, 3.8) is 0 Å². The van der Waals surface area contributed by atoms with Gasteiger partial charge in [0.1, 0.15) is 4.83 Å². The van der Waals surface area contributed by atoms with Gasteiger partial charge in [-0.15, -0.1) is 11.3 Å². The van der Waals surface area contributed by atoms with Crippen LogP contribution in [-0.4, -0.2) is 26.8 Å². The lowest BCUT2D eigenvalue weighted by Gasteiger charge is -2.17. The van der Waals surface area contributed by atoms with E-state index in [1.807, 2.05) is 0 Å². The van der Waals surface area contributed by atoms with Crippen molar-refractivity contribution in [3.05, 3.63) is 20.8 Å². The Morgan fingerprint density at radius 3 is 2.86 bits per heavy atom. The van der Waals surface area contributed by atoms with Crippen LogP contribution in [0.4, 0.5) is 0 Å². The van der Waals surface area contributed by atoms with Gasteiger partial charge in [0.2, 0.25) is 0 Å². The summed E-state index contributed by atoms with van der Waals surface area (Å²) in [4.78, 5) is 32.9. The van der Waals surface area contributed by atoms with Crippen LogP contribution in [0.3, 0.4) is 0 Å². The first-order chi connectivity index (χ1) is 10.4. The Morgan fingerprint density at radius 1 is 1.41 bits per heavy atom. The highest BCUT2D eigenvalue weighted by molar-refractivity contribution is 7.99. The van der Waals surface area contributed by atoms with Crippen LogP contribution in [0.2, 0.25) is 0 Å². The van der Waals surface area contributed by atoms with E-state index in [4.69, 9.17) is 5.11 Å². The Hall–Kier alpha value is -1.34. The number of aromatic nitrogens is 2. The van der Waals surface area contributed by atoms with Crippen LogP contribution >= 0.6 is 23.1 Å². The molecule has 0 atom stereocenters. The maximum Gasteiger partial charge on any atom is 0.309 e. The molecule has 0 amide bonds. The van der Waals surface area contributed by atoms with E-state index in [9.17, 15) is 9.59 Å². The minimum atomic E-state index is -0.854. The summed E-state index contributed by atoms with van der Waals surface area (Å²) in [5.41, 5.74) is 0.217. The Balaban J connectivity index is 1.93. The predicted molar refractivity (Wildman–Crippen MR) is 89.0 cm³/mol. The summed E-state index contributed by atoms with van der Waals surface area (Å²) < 4.78 is 0. The molecule has 118 valence electrons. The number of hydrogen-bond acceptors (Lipinski definition) is 5. The van der Waals surface area contributed by atoms with Crippen molar-refractivity contribution in [1.29, 1.82) is 0 Å². The van der Waals surface area contributed by atoms with Gasteiger partial charge in [-0.25, -0.2) is 4.98 Å². The molecule has 0 aromatic carbocycles. The van der Waals surface area contributed by atoms with Crippen LogP contribution in [0.1, 0.15) is 37.1 Å². The third kappa shape index (κ3) is 2.79. The van der Waals surface area contributed by atoms with Gasteiger partial charge in [0.15, 0.2) is 5.16 Å². The largest absolute Gasteiger partial charge is 0.481 e. The Morgan fingerprint density at radius 2 is 2.14 bits per heavy atom. The Bertz CT molecular complexity index is 792. The lowest BCUT2D eigenvalue weighted by Crippen LogP contribution is -2.26. The molecule has 1 aliphatic carbocycles. The molecule has 3 rings (SSSR count). The molecule has 7 heteroatoms. The number of nitrogens with one attached hydrogen (secondary N) is 1. The number of thiophene rings is 1. The summed E-state index contributed by atoms with van der Waals surface area (Å²) in [5.74, 6) is -0.489. The highest BCUT2D eigenvalue weighted by Crippen LogP contribution is 2.34. The summed E-state index contributed by atoms with van der Waals surface area (Å²) >= 11 is 2.90. The molecule has 2 heterocycles. The van der Waals surface area contributed by atoms with Gasteiger partial charge in [-0.2, -0.15) is 0 Å². The van der Waals surface area contributed by atoms with Crippen molar-refractivity contribution >= 4 is 39.3 Å². The number of rotatable bonds is 4. The van der Waals surface area contributed by atoms with Crippen LogP contribution < -0.4 is 5.56 Å². The SMILES string of the molecule is CC(C)(CSc1nc2sc3c(c2c(=O)[nH]1)CCCC3)C(=O)O. The monoisotopic (exact) mass is 338 g/mol. The first-order valence-electron chi connectivity index (χ1n) is 7.29. The molecule has 0 bridgehead atoms. The van der Waals surface area contributed by atoms with Crippen LogP contribution in [0, 0.1) is 5.41 Å². The number of aryl methyl sites for hydroxylation is 2. The molecule has 0 spiro atoms. The molecular formula is C15H18N2O3S2. The number of aromatic amines is 1. The quantitative estimate of drug-likeness (QED) is 0.661. The number of carboxylic acid groups (broad SMARTS) is 1. The van der Waals surface area contributed by atoms with Gasteiger partial charge >= 0.3 is 5.97 Å². The average Bonchev–Trinajstić information content (AvgIpc) is 2.83. The number of carbonyl (C=O) groups is 1. The van der Waals surface area contributed by atoms with Gasteiger partial charge in [-0.1, -0.05) is 11.8 Å². The van der Waals surface area contributed by atoms with Gasteiger partial charge < -0.3 is 10.1 Å². The number of carboxylic acids is 1. The fraction of sp³-hybridized carbons (Fsp3) is 0.533. The van der Waals surface area contributed by atoms with Crippen molar-refractivity contribution < 1.29 is 9.90 Å². The highest BCUT2D eigenvalue weighted by atomic mass is 32.2. The predicted octanol–water partition coefficient (Wildman–Crippen LogP) is 3.07. The number of nitrogens with zero attached hydrogens (tertiary/aromatic N) is 1. The maximum atomic E-state index is 12.4. The molecule has 0 unspecified atom stereocenters. The summed E-state index contributed by atoms with van der Waals surface area (Å²) in [6, 6.07) is 0. The number of fused-ring (bicyclic) bond motifs is 3. The normalized spacial score (nSPS) is 15.0. The Kier molecular flexibility index (Phi) is 4.03. The molecule has 0 fully saturated rings. The number of thioether (sulfide) groups is 1. The van der Waals surface area contributed by atoms with E-state index in [-0.39, 0.29) is 5.56 Å². The van der Waals surface area contributed by atoms with Crippen LogP contribution in [-0.2, 0) is 17.6 Å². The second-order valence-electron chi connectivity index (χ2n) is 6.24. The van der Waals surface area contributed by atoms with E-state index in [1.54, 1.807) is 25.2 Å².